The average Bonchev–Trinajstić information content (AvgIpc) is 3.47. The van der Waals surface area contributed by atoms with Crippen molar-refractivity contribution in [2.24, 2.45) is 5.73 Å². The number of anilines is 1. The molecule has 5 rings (SSSR count). The number of piperazine rings is 1. The highest BCUT2D eigenvalue weighted by atomic mass is 16.5. The molecule has 2 aliphatic heterocycles. The molecule has 2 amide bonds. The summed E-state index contributed by atoms with van der Waals surface area (Å²) in [4.78, 5) is 36.7. The van der Waals surface area contributed by atoms with Crippen molar-refractivity contribution in [2.75, 3.05) is 18.0 Å². The molecule has 34 heavy (non-hydrogen) atoms. The average molecular weight is 457 g/mol. The summed E-state index contributed by atoms with van der Waals surface area (Å²) in [5.41, 5.74) is 5.61. The van der Waals surface area contributed by atoms with E-state index in [9.17, 15) is 9.59 Å². The molecule has 0 spiro atoms. The molecule has 3 aromatic rings. The largest absolute Gasteiger partial charge is 0.457 e. The van der Waals surface area contributed by atoms with Crippen LogP contribution < -0.4 is 20.1 Å². The number of fused-ring (bicyclic) bond motifs is 2. The van der Waals surface area contributed by atoms with Crippen molar-refractivity contribution >= 4 is 17.8 Å². The van der Waals surface area contributed by atoms with Gasteiger partial charge in [-0.1, -0.05) is 24.8 Å². The van der Waals surface area contributed by atoms with Crippen molar-refractivity contribution in [2.45, 2.75) is 18.5 Å². The van der Waals surface area contributed by atoms with Crippen LogP contribution >= 0.6 is 0 Å². The van der Waals surface area contributed by atoms with Gasteiger partial charge in [-0.05, 0) is 48.9 Å². The van der Waals surface area contributed by atoms with Crippen LogP contribution in [0.25, 0.3) is 0 Å². The van der Waals surface area contributed by atoms with Gasteiger partial charge >= 0.3 is 0 Å². The van der Waals surface area contributed by atoms with E-state index in [2.05, 4.69) is 16.5 Å². The van der Waals surface area contributed by atoms with Crippen LogP contribution in [0.2, 0.25) is 0 Å². The summed E-state index contributed by atoms with van der Waals surface area (Å²) in [6.45, 7) is 4.75. The van der Waals surface area contributed by atoms with E-state index in [1.807, 2.05) is 40.1 Å². The topological polar surface area (TPSA) is 111 Å². The predicted octanol–water partition coefficient (Wildman–Crippen LogP) is 3.14. The number of nitrogens with zero attached hydrogens (tertiary/aromatic N) is 4. The van der Waals surface area contributed by atoms with Crippen LogP contribution in [0, 0.1) is 0 Å². The highest BCUT2D eigenvalue weighted by Crippen LogP contribution is 2.35. The minimum atomic E-state index is -0.684. The molecule has 9 nitrogen and oxygen atoms in total. The Labute approximate surface area is 196 Å². The SMILES string of the molecule is C=CC(=O)N1C[C@@H]2C[C@H]1CN2c1ncc(C(N)=O)c(Oc2ccc(Oc3ccccc3)cc2)n1. The van der Waals surface area contributed by atoms with Crippen molar-refractivity contribution in [3.63, 3.8) is 0 Å². The van der Waals surface area contributed by atoms with Crippen molar-refractivity contribution in [1.82, 2.24) is 14.9 Å². The maximum atomic E-state index is 12.0. The highest BCUT2D eigenvalue weighted by molar-refractivity contribution is 5.95. The zero-order chi connectivity index (χ0) is 23.7. The number of benzene rings is 2. The van der Waals surface area contributed by atoms with Crippen LogP contribution in [0.15, 0.2) is 73.4 Å². The molecule has 0 radical (unpaired) electrons. The van der Waals surface area contributed by atoms with Gasteiger partial charge in [0.2, 0.25) is 17.7 Å². The van der Waals surface area contributed by atoms with Gasteiger partial charge < -0.3 is 25.0 Å². The lowest BCUT2D eigenvalue weighted by Gasteiger charge is -2.33. The molecular weight excluding hydrogens is 434 g/mol. The number of para-hydroxylation sites is 1. The lowest BCUT2D eigenvalue weighted by Crippen LogP contribution is -2.48. The van der Waals surface area contributed by atoms with Gasteiger partial charge in [0, 0.05) is 19.3 Å². The Morgan fingerprint density at radius 3 is 2.26 bits per heavy atom. The van der Waals surface area contributed by atoms with E-state index in [4.69, 9.17) is 15.2 Å². The number of ether oxygens (including phenoxy) is 2. The van der Waals surface area contributed by atoms with E-state index in [1.165, 1.54) is 12.3 Å². The third kappa shape index (κ3) is 4.15. The summed E-state index contributed by atoms with van der Waals surface area (Å²) in [5, 5.41) is 0. The summed E-state index contributed by atoms with van der Waals surface area (Å²) in [7, 11) is 0. The van der Waals surface area contributed by atoms with Crippen molar-refractivity contribution in [3.05, 3.63) is 79.0 Å². The van der Waals surface area contributed by atoms with Crippen LogP contribution in [0.5, 0.6) is 23.1 Å². The minimum Gasteiger partial charge on any atom is -0.457 e. The van der Waals surface area contributed by atoms with E-state index in [-0.39, 0.29) is 29.4 Å². The lowest BCUT2D eigenvalue weighted by molar-refractivity contribution is -0.127. The maximum Gasteiger partial charge on any atom is 0.255 e. The number of nitrogens with two attached hydrogens (primary N) is 1. The van der Waals surface area contributed by atoms with E-state index in [0.717, 1.165) is 12.2 Å². The van der Waals surface area contributed by atoms with Crippen molar-refractivity contribution < 1.29 is 19.1 Å². The molecule has 172 valence electrons. The Bertz CT molecular complexity index is 1230. The van der Waals surface area contributed by atoms with E-state index >= 15 is 0 Å². The van der Waals surface area contributed by atoms with Gasteiger partial charge in [0.05, 0.1) is 12.1 Å². The monoisotopic (exact) mass is 457 g/mol. The molecule has 0 aliphatic carbocycles. The fourth-order valence-electron chi connectivity index (χ4n) is 4.35. The number of aromatic nitrogens is 2. The number of amides is 2. The first-order valence-electron chi connectivity index (χ1n) is 10.9. The second-order valence-electron chi connectivity index (χ2n) is 8.13. The van der Waals surface area contributed by atoms with Crippen LogP contribution in [0.1, 0.15) is 16.8 Å². The number of hydrogen-bond donors (Lipinski definition) is 1. The summed E-state index contributed by atoms with van der Waals surface area (Å²) >= 11 is 0. The molecule has 2 N–H and O–H groups in total. The lowest BCUT2D eigenvalue weighted by atomic mass is 10.2. The number of primary amides is 1. The van der Waals surface area contributed by atoms with E-state index < -0.39 is 5.91 Å². The molecule has 0 saturated carbocycles. The Balaban J connectivity index is 1.34. The second kappa shape index (κ2) is 8.86. The standard InChI is InChI=1S/C25H23N5O4/c1-2-22(31)29-14-17-12-16(29)15-30(17)25-27-13-21(23(26)32)24(28-25)34-20-10-8-19(9-11-20)33-18-6-4-3-5-7-18/h2-11,13,16-17H,1,12,14-15H2,(H2,26,32)/t16-,17-/m0/s1. The molecule has 1 aromatic heterocycles. The fraction of sp³-hybridized carbons (Fsp3) is 0.200. The number of carbonyl (C=O) groups is 2. The Morgan fingerprint density at radius 2 is 1.65 bits per heavy atom. The maximum absolute atomic E-state index is 12.0. The number of hydrogen-bond acceptors (Lipinski definition) is 7. The minimum absolute atomic E-state index is 0.0687. The van der Waals surface area contributed by atoms with Gasteiger partial charge in [-0.15, -0.1) is 0 Å². The second-order valence-corrected chi connectivity index (χ2v) is 8.13. The summed E-state index contributed by atoms with van der Waals surface area (Å²) in [6, 6.07) is 16.6. The van der Waals surface area contributed by atoms with Gasteiger partial charge in [0.15, 0.2) is 0 Å². The zero-order valence-corrected chi connectivity index (χ0v) is 18.3. The molecule has 2 aliphatic rings. The molecule has 2 bridgehead atoms. The first-order chi connectivity index (χ1) is 16.5. The first kappa shape index (κ1) is 21.4. The Morgan fingerprint density at radius 1 is 0.971 bits per heavy atom. The molecule has 2 fully saturated rings. The molecule has 3 heterocycles. The van der Waals surface area contributed by atoms with E-state index in [0.29, 0.717) is 30.5 Å². The normalized spacial score (nSPS) is 18.6. The Kier molecular flexibility index (Phi) is 5.59. The number of rotatable bonds is 7. The summed E-state index contributed by atoms with van der Waals surface area (Å²) in [6.07, 6.45) is 3.55. The zero-order valence-electron chi connectivity index (χ0n) is 18.3. The quantitative estimate of drug-likeness (QED) is 0.543. The number of carbonyl (C=O) groups excluding carboxylic acids is 2. The van der Waals surface area contributed by atoms with Gasteiger partial charge in [-0.25, -0.2) is 4.98 Å². The van der Waals surface area contributed by atoms with Crippen LogP contribution in [-0.2, 0) is 4.79 Å². The van der Waals surface area contributed by atoms with Gasteiger partial charge in [0.1, 0.15) is 22.8 Å². The van der Waals surface area contributed by atoms with Crippen molar-refractivity contribution in [3.8, 4) is 23.1 Å². The van der Waals surface area contributed by atoms with Gasteiger partial charge in [0.25, 0.3) is 5.91 Å². The first-order valence-corrected chi connectivity index (χ1v) is 10.9. The third-order valence-corrected chi connectivity index (χ3v) is 5.98. The van der Waals surface area contributed by atoms with Gasteiger partial charge in [-0.2, -0.15) is 4.98 Å². The predicted molar refractivity (Wildman–Crippen MR) is 125 cm³/mol. The summed E-state index contributed by atoms with van der Waals surface area (Å²) < 4.78 is 11.7. The summed E-state index contributed by atoms with van der Waals surface area (Å²) in [5.74, 6) is 1.60. The highest BCUT2D eigenvalue weighted by Gasteiger charge is 2.45. The molecule has 2 aromatic carbocycles. The van der Waals surface area contributed by atoms with Crippen LogP contribution in [0.3, 0.4) is 0 Å². The molecule has 2 saturated heterocycles. The van der Waals surface area contributed by atoms with Crippen LogP contribution in [0.4, 0.5) is 5.95 Å². The molecular formula is C25H23N5O4. The van der Waals surface area contributed by atoms with E-state index in [1.54, 1.807) is 24.3 Å². The smallest absolute Gasteiger partial charge is 0.255 e. The van der Waals surface area contributed by atoms with Crippen LogP contribution in [-0.4, -0.2) is 51.9 Å². The Hall–Kier alpha value is -4.40. The molecule has 0 unspecified atom stereocenters. The van der Waals surface area contributed by atoms with Gasteiger partial charge in [-0.3, -0.25) is 9.59 Å². The molecule has 9 heteroatoms. The fourth-order valence-corrected chi connectivity index (χ4v) is 4.35. The number of likely N-dealkylation sites (tertiary alicyclic amines) is 1. The third-order valence-electron chi connectivity index (χ3n) is 5.98. The van der Waals surface area contributed by atoms with Crippen molar-refractivity contribution in [1.29, 1.82) is 0 Å². The molecule has 2 atom stereocenters.